The highest BCUT2D eigenvalue weighted by molar-refractivity contribution is 7.17. The smallest absolute Gasteiger partial charge is 0.303 e. The van der Waals surface area contributed by atoms with E-state index in [1.807, 2.05) is 13.0 Å². The highest BCUT2D eigenvalue weighted by atomic mass is 35.5. The maximum atomic E-state index is 11.9. The molecule has 0 aromatic carbocycles. The van der Waals surface area contributed by atoms with Crippen LogP contribution in [-0.2, 0) is 4.79 Å². The molecule has 2 heterocycles. The van der Waals surface area contributed by atoms with E-state index in [0.29, 0.717) is 16.6 Å². The number of amides is 3. The maximum absolute atomic E-state index is 11.9. The SMILES string of the molecule is CCCN1C(=O)N/C(=C/c2ccc(Cl)s2)C1=O. The lowest BCUT2D eigenvalue weighted by Gasteiger charge is -2.08. The fourth-order valence-electron chi connectivity index (χ4n) is 1.55. The summed E-state index contributed by atoms with van der Waals surface area (Å²) < 4.78 is 0.652. The molecule has 90 valence electrons. The number of thiophene rings is 1. The summed E-state index contributed by atoms with van der Waals surface area (Å²) in [4.78, 5) is 25.4. The van der Waals surface area contributed by atoms with E-state index in [2.05, 4.69) is 5.32 Å². The number of urea groups is 1. The Hall–Kier alpha value is -1.33. The standard InChI is InChI=1S/C11H11ClN2O2S/c1-2-5-14-10(15)8(13-11(14)16)6-7-3-4-9(12)17-7/h3-4,6H,2,5H2,1H3,(H,13,16)/b8-6+. The second kappa shape index (κ2) is 4.89. The van der Waals surface area contributed by atoms with Crippen molar-refractivity contribution in [3.8, 4) is 0 Å². The van der Waals surface area contributed by atoms with Gasteiger partial charge in [-0.3, -0.25) is 9.69 Å². The van der Waals surface area contributed by atoms with E-state index in [0.717, 1.165) is 11.3 Å². The van der Waals surface area contributed by atoms with Crippen molar-refractivity contribution in [3.05, 3.63) is 27.0 Å². The van der Waals surface area contributed by atoms with Gasteiger partial charge in [0.25, 0.3) is 5.91 Å². The Morgan fingerprint density at radius 1 is 1.47 bits per heavy atom. The fourth-order valence-corrected chi connectivity index (χ4v) is 2.55. The molecule has 0 aliphatic carbocycles. The number of carbonyl (C=O) groups is 2. The van der Waals surface area contributed by atoms with E-state index in [4.69, 9.17) is 11.6 Å². The summed E-state index contributed by atoms with van der Waals surface area (Å²) in [7, 11) is 0. The summed E-state index contributed by atoms with van der Waals surface area (Å²) in [6.07, 6.45) is 2.39. The van der Waals surface area contributed by atoms with Crippen molar-refractivity contribution < 1.29 is 9.59 Å². The van der Waals surface area contributed by atoms with Crippen molar-refractivity contribution in [3.63, 3.8) is 0 Å². The topological polar surface area (TPSA) is 49.4 Å². The van der Waals surface area contributed by atoms with Crippen LogP contribution < -0.4 is 5.32 Å². The molecule has 0 bridgehead atoms. The Kier molecular flexibility index (Phi) is 3.49. The van der Waals surface area contributed by atoms with Crippen molar-refractivity contribution in [2.45, 2.75) is 13.3 Å². The summed E-state index contributed by atoms with van der Waals surface area (Å²) in [6, 6.07) is 3.21. The number of hydrogen-bond donors (Lipinski definition) is 1. The third-order valence-electron chi connectivity index (χ3n) is 2.29. The Morgan fingerprint density at radius 3 is 2.82 bits per heavy atom. The Labute approximate surface area is 108 Å². The molecule has 17 heavy (non-hydrogen) atoms. The van der Waals surface area contributed by atoms with Gasteiger partial charge in [0.2, 0.25) is 0 Å². The molecule has 4 nitrogen and oxygen atoms in total. The largest absolute Gasteiger partial charge is 0.329 e. The molecule has 1 aromatic heterocycles. The summed E-state index contributed by atoms with van der Waals surface area (Å²) >= 11 is 7.16. The number of rotatable bonds is 3. The van der Waals surface area contributed by atoms with Crippen LogP contribution in [-0.4, -0.2) is 23.4 Å². The quantitative estimate of drug-likeness (QED) is 0.678. The molecule has 0 radical (unpaired) electrons. The van der Waals surface area contributed by atoms with Crippen molar-refractivity contribution >= 4 is 41.0 Å². The molecule has 1 fully saturated rings. The van der Waals surface area contributed by atoms with Gasteiger partial charge in [-0.2, -0.15) is 0 Å². The molecule has 0 unspecified atom stereocenters. The minimum absolute atomic E-state index is 0.277. The normalized spacial score (nSPS) is 18.0. The van der Waals surface area contributed by atoms with Crippen LogP contribution in [0.2, 0.25) is 4.34 Å². The minimum atomic E-state index is -0.356. The summed E-state index contributed by atoms with van der Waals surface area (Å²) in [5, 5.41) is 2.56. The third kappa shape index (κ3) is 2.50. The monoisotopic (exact) mass is 270 g/mol. The van der Waals surface area contributed by atoms with Crippen molar-refractivity contribution in [1.29, 1.82) is 0 Å². The van der Waals surface area contributed by atoms with Crippen molar-refractivity contribution in [1.82, 2.24) is 10.2 Å². The first-order valence-electron chi connectivity index (χ1n) is 5.21. The van der Waals surface area contributed by atoms with Crippen molar-refractivity contribution in [2.75, 3.05) is 6.54 Å². The zero-order valence-corrected chi connectivity index (χ0v) is 10.8. The van der Waals surface area contributed by atoms with E-state index >= 15 is 0 Å². The van der Waals surface area contributed by atoms with Crippen LogP contribution in [0.25, 0.3) is 6.08 Å². The maximum Gasteiger partial charge on any atom is 0.329 e. The molecule has 1 aliphatic heterocycles. The zero-order chi connectivity index (χ0) is 12.4. The van der Waals surface area contributed by atoms with Crippen LogP contribution in [0.4, 0.5) is 4.79 Å². The Bertz CT molecular complexity index is 495. The number of nitrogens with one attached hydrogen (secondary N) is 1. The van der Waals surface area contributed by atoms with Gasteiger partial charge >= 0.3 is 6.03 Å². The van der Waals surface area contributed by atoms with Gasteiger partial charge in [0.05, 0.1) is 4.34 Å². The first-order chi connectivity index (χ1) is 8.11. The van der Waals surface area contributed by atoms with Gasteiger partial charge in [-0.1, -0.05) is 18.5 Å². The van der Waals surface area contributed by atoms with E-state index in [9.17, 15) is 9.59 Å². The first kappa shape index (κ1) is 12.1. The summed E-state index contributed by atoms with van der Waals surface area (Å²) in [5.74, 6) is -0.277. The van der Waals surface area contributed by atoms with Crippen LogP contribution in [0, 0.1) is 0 Å². The van der Waals surface area contributed by atoms with Gasteiger partial charge in [0, 0.05) is 11.4 Å². The van der Waals surface area contributed by atoms with Crippen molar-refractivity contribution in [2.24, 2.45) is 0 Å². The number of nitrogens with zero attached hydrogens (tertiary/aromatic N) is 1. The van der Waals surface area contributed by atoms with E-state index in [1.165, 1.54) is 16.2 Å². The van der Waals surface area contributed by atoms with Crippen LogP contribution in [0.5, 0.6) is 0 Å². The summed E-state index contributed by atoms with van der Waals surface area (Å²) in [6.45, 7) is 2.36. The molecular weight excluding hydrogens is 260 g/mol. The lowest BCUT2D eigenvalue weighted by molar-refractivity contribution is -0.122. The third-order valence-corrected chi connectivity index (χ3v) is 3.47. The zero-order valence-electron chi connectivity index (χ0n) is 9.20. The molecule has 3 amide bonds. The van der Waals surface area contributed by atoms with E-state index < -0.39 is 0 Å². The first-order valence-corrected chi connectivity index (χ1v) is 6.41. The molecule has 2 rings (SSSR count). The van der Waals surface area contributed by atoms with Crippen LogP contribution in [0.15, 0.2) is 17.8 Å². The Balaban J connectivity index is 2.21. The van der Waals surface area contributed by atoms with Gasteiger partial charge in [-0.25, -0.2) is 4.79 Å². The average Bonchev–Trinajstić information content (AvgIpc) is 2.79. The van der Waals surface area contributed by atoms with E-state index in [-0.39, 0.29) is 11.9 Å². The van der Waals surface area contributed by atoms with E-state index in [1.54, 1.807) is 12.1 Å². The van der Waals surface area contributed by atoms with Crippen LogP contribution >= 0.6 is 22.9 Å². The molecule has 0 atom stereocenters. The number of halogens is 1. The Morgan fingerprint density at radius 2 is 2.24 bits per heavy atom. The average molecular weight is 271 g/mol. The molecule has 0 spiro atoms. The minimum Gasteiger partial charge on any atom is -0.303 e. The highest BCUT2D eigenvalue weighted by Crippen LogP contribution is 2.24. The van der Waals surface area contributed by atoms with Gasteiger partial charge in [-0.05, 0) is 24.6 Å². The fraction of sp³-hybridized carbons (Fsp3) is 0.273. The molecule has 1 aliphatic rings. The predicted molar refractivity (Wildman–Crippen MR) is 67.8 cm³/mol. The van der Waals surface area contributed by atoms with Gasteiger partial charge in [-0.15, -0.1) is 11.3 Å². The van der Waals surface area contributed by atoms with Crippen LogP contribution in [0.3, 0.4) is 0 Å². The molecule has 1 aromatic rings. The molecule has 0 saturated carbocycles. The predicted octanol–water partition coefficient (Wildman–Crippen LogP) is 2.70. The lowest BCUT2D eigenvalue weighted by atomic mass is 10.3. The lowest BCUT2D eigenvalue weighted by Crippen LogP contribution is -2.31. The molecule has 6 heteroatoms. The van der Waals surface area contributed by atoms with Gasteiger partial charge in [0.15, 0.2) is 0 Å². The highest BCUT2D eigenvalue weighted by Gasteiger charge is 2.32. The van der Waals surface area contributed by atoms with Crippen LogP contribution in [0.1, 0.15) is 18.2 Å². The molecule has 1 N–H and O–H groups in total. The number of imide groups is 1. The second-order valence-corrected chi connectivity index (χ2v) is 5.33. The number of hydrogen-bond acceptors (Lipinski definition) is 3. The second-order valence-electron chi connectivity index (χ2n) is 3.59. The van der Waals surface area contributed by atoms with Gasteiger partial charge in [0.1, 0.15) is 5.70 Å². The number of carbonyl (C=O) groups excluding carboxylic acids is 2. The van der Waals surface area contributed by atoms with Gasteiger partial charge < -0.3 is 5.32 Å². The summed E-state index contributed by atoms with van der Waals surface area (Å²) in [5.41, 5.74) is 0.307. The molecular formula is C11H11ClN2O2S. The molecule has 1 saturated heterocycles.